The predicted octanol–water partition coefficient (Wildman–Crippen LogP) is 3.63. The molecule has 1 N–H and O–H groups in total. The quantitative estimate of drug-likeness (QED) is 0.906. The van der Waals surface area contributed by atoms with Gasteiger partial charge < -0.3 is 10.0 Å². The first kappa shape index (κ1) is 13.4. The van der Waals surface area contributed by atoms with Gasteiger partial charge in [-0.3, -0.25) is 0 Å². The third-order valence-electron chi connectivity index (χ3n) is 3.65. The highest BCUT2D eigenvalue weighted by Gasteiger charge is 2.35. The van der Waals surface area contributed by atoms with E-state index in [0.717, 1.165) is 18.8 Å². The van der Waals surface area contributed by atoms with Gasteiger partial charge in [0.15, 0.2) is 0 Å². The molecule has 0 unspecified atom stereocenters. The second-order valence-corrected chi connectivity index (χ2v) is 6.79. The van der Waals surface area contributed by atoms with E-state index in [1.165, 1.54) is 0 Å². The molecule has 98 valence electrons. The lowest BCUT2D eigenvalue weighted by molar-refractivity contribution is 0.0696. The third kappa shape index (κ3) is 2.53. The highest BCUT2D eigenvalue weighted by Crippen LogP contribution is 2.37. The Morgan fingerprint density at radius 1 is 1.39 bits per heavy atom. The Hall–Kier alpha value is -1.03. The lowest BCUT2D eigenvalue weighted by Crippen LogP contribution is -2.52. The molecule has 0 aromatic heterocycles. The summed E-state index contributed by atoms with van der Waals surface area (Å²) in [6, 6.07) is 5.52. The van der Waals surface area contributed by atoms with Gasteiger partial charge in [0.1, 0.15) is 0 Å². The van der Waals surface area contributed by atoms with Crippen molar-refractivity contribution in [3.63, 3.8) is 0 Å². The molecule has 3 nitrogen and oxygen atoms in total. The van der Waals surface area contributed by atoms with Crippen molar-refractivity contribution in [1.82, 2.24) is 0 Å². The van der Waals surface area contributed by atoms with E-state index in [1.807, 2.05) is 12.1 Å². The van der Waals surface area contributed by atoms with Crippen LogP contribution in [0.25, 0.3) is 0 Å². The van der Waals surface area contributed by atoms with Crippen LogP contribution >= 0.6 is 15.9 Å². The molecule has 0 atom stereocenters. The van der Waals surface area contributed by atoms with Crippen molar-refractivity contribution in [3.05, 3.63) is 28.2 Å². The summed E-state index contributed by atoms with van der Waals surface area (Å²) in [6.07, 6.45) is 0. The number of anilines is 1. The molecular formula is C14H18BrNO2. The lowest BCUT2D eigenvalue weighted by Gasteiger charge is -2.47. The Morgan fingerprint density at radius 2 is 2.00 bits per heavy atom. The van der Waals surface area contributed by atoms with Crippen LogP contribution in [-0.2, 0) is 0 Å². The maximum absolute atomic E-state index is 11.1. The van der Waals surface area contributed by atoms with Gasteiger partial charge in [0, 0.05) is 23.2 Å². The maximum Gasteiger partial charge on any atom is 0.336 e. The number of carboxylic acids is 1. The normalized spacial score (nSPS) is 16.6. The first-order valence-electron chi connectivity index (χ1n) is 6.07. The molecular weight excluding hydrogens is 294 g/mol. The molecule has 1 saturated heterocycles. The number of carbonyl (C=O) groups is 1. The van der Waals surface area contributed by atoms with Crippen molar-refractivity contribution < 1.29 is 9.90 Å². The Balaban J connectivity index is 2.13. The minimum atomic E-state index is -0.892. The third-order valence-corrected chi connectivity index (χ3v) is 4.34. The zero-order valence-electron chi connectivity index (χ0n) is 10.9. The van der Waals surface area contributed by atoms with Gasteiger partial charge in [0.05, 0.1) is 5.56 Å². The van der Waals surface area contributed by atoms with E-state index in [9.17, 15) is 4.79 Å². The van der Waals surface area contributed by atoms with Gasteiger partial charge >= 0.3 is 5.97 Å². The summed E-state index contributed by atoms with van der Waals surface area (Å²) in [5.74, 6) is -0.217. The number of rotatable bonds is 2. The number of aromatic carboxylic acids is 1. The Labute approximate surface area is 116 Å². The summed E-state index contributed by atoms with van der Waals surface area (Å²) < 4.78 is 0.631. The van der Waals surface area contributed by atoms with Crippen molar-refractivity contribution in [2.24, 2.45) is 11.3 Å². The lowest BCUT2D eigenvalue weighted by atomic mass is 9.76. The van der Waals surface area contributed by atoms with Crippen LogP contribution in [-0.4, -0.2) is 24.2 Å². The van der Waals surface area contributed by atoms with Crippen LogP contribution in [0.4, 0.5) is 5.69 Å². The van der Waals surface area contributed by atoms with Crippen LogP contribution in [0.5, 0.6) is 0 Å². The fourth-order valence-electron chi connectivity index (χ4n) is 2.11. The molecule has 0 amide bonds. The van der Waals surface area contributed by atoms with Gasteiger partial charge in [-0.15, -0.1) is 0 Å². The zero-order chi connectivity index (χ0) is 13.5. The van der Waals surface area contributed by atoms with E-state index in [1.54, 1.807) is 6.07 Å². The maximum atomic E-state index is 11.1. The van der Waals surface area contributed by atoms with Gasteiger partial charge in [0.25, 0.3) is 0 Å². The number of hydrogen-bond donors (Lipinski definition) is 1. The highest BCUT2D eigenvalue weighted by atomic mass is 79.9. The van der Waals surface area contributed by atoms with Crippen molar-refractivity contribution in [1.29, 1.82) is 0 Å². The van der Waals surface area contributed by atoms with Crippen molar-refractivity contribution in [3.8, 4) is 0 Å². The van der Waals surface area contributed by atoms with Gasteiger partial charge in [-0.2, -0.15) is 0 Å². The molecule has 4 heteroatoms. The Kier molecular flexibility index (Phi) is 3.41. The van der Waals surface area contributed by atoms with E-state index in [4.69, 9.17) is 5.11 Å². The average Bonchev–Trinajstić information content (AvgIpc) is 2.15. The number of hydrogen-bond acceptors (Lipinski definition) is 2. The molecule has 1 aromatic carbocycles. The first-order chi connectivity index (χ1) is 8.29. The number of nitrogens with zero attached hydrogens (tertiary/aromatic N) is 1. The summed E-state index contributed by atoms with van der Waals surface area (Å²) >= 11 is 3.26. The van der Waals surface area contributed by atoms with E-state index >= 15 is 0 Å². The van der Waals surface area contributed by atoms with Crippen molar-refractivity contribution in [2.75, 3.05) is 18.0 Å². The molecule has 0 radical (unpaired) electrons. The van der Waals surface area contributed by atoms with Gasteiger partial charge in [-0.05, 0) is 45.5 Å². The molecule has 1 aliphatic rings. The fourth-order valence-corrected chi connectivity index (χ4v) is 2.53. The van der Waals surface area contributed by atoms with Crippen LogP contribution in [0.2, 0.25) is 0 Å². The standard InChI is InChI=1S/C14H18BrNO2/c1-14(2,3)9-7-16(8-9)10-4-5-12(15)11(6-10)13(17)18/h4-6,9H,7-8H2,1-3H3,(H,17,18). The smallest absolute Gasteiger partial charge is 0.336 e. The van der Waals surface area contributed by atoms with Gasteiger partial charge in [0.2, 0.25) is 0 Å². The summed E-state index contributed by atoms with van der Waals surface area (Å²) in [4.78, 5) is 13.3. The van der Waals surface area contributed by atoms with Crippen LogP contribution < -0.4 is 4.90 Å². The fraction of sp³-hybridized carbons (Fsp3) is 0.500. The molecule has 1 aromatic rings. The van der Waals surface area contributed by atoms with Crippen molar-refractivity contribution in [2.45, 2.75) is 20.8 Å². The summed E-state index contributed by atoms with van der Waals surface area (Å²) in [6.45, 7) is 8.76. The van der Waals surface area contributed by atoms with E-state index in [-0.39, 0.29) is 0 Å². The Morgan fingerprint density at radius 3 is 2.50 bits per heavy atom. The first-order valence-corrected chi connectivity index (χ1v) is 6.86. The van der Waals surface area contributed by atoms with Crippen LogP contribution in [0, 0.1) is 11.3 Å². The number of halogens is 1. The van der Waals surface area contributed by atoms with Crippen molar-refractivity contribution >= 4 is 27.6 Å². The van der Waals surface area contributed by atoms with E-state index < -0.39 is 5.97 Å². The molecule has 1 heterocycles. The summed E-state index contributed by atoms with van der Waals surface area (Å²) in [5.41, 5.74) is 1.64. The molecule has 0 bridgehead atoms. The number of benzene rings is 1. The largest absolute Gasteiger partial charge is 0.478 e. The molecule has 2 rings (SSSR count). The van der Waals surface area contributed by atoms with E-state index in [2.05, 4.69) is 41.6 Å². The number of carboxylic acid groups (broad SMARTS) is 1. The van der Waals surface area contributed by atoms with Crippen LogP contribution in [0.15, 0.2) is 22.7 Å². The minimum absolute atomic E-state index is 0.321. The van der Waals surface area contributed by atoms with Crippen LogP contribution in [0.3, 0.4) is 0 Å². The highest BCUT2D eigenvalue weighted by molar-refractivity contribution is 9.10. The molecule has 0 aliphatic carbocycles. The SMILES string of the molecule is CC(C)(C)C1CN(c2ccc(Br)c(C(=O)O)c2)C1. The summed E-state index contributed by atoms with van der Waals surface area (Å²) in [7, 11) is 0. The minimum Gasteiger partial charge on any atom is -0.478 e. The monoisotopic (exact) mass is 311 g/mol. The second kappa shape index (κ2) is 4.57. The van der Waals surface area contributed by atoms with Gasteiger partial charge in [-0.1, -0.05) is 20.8 Å². The van der Waals surface area contributed by atoms with Crippen LogP contribution in [0.1, 0.15) is 31.1 Å². The summed E-state index contributed by atoms with van der Waals surface area (Å²) in [5, 5.41) is 9.10. The topological polar surface area (TPSA) is 40.5 Å². The predicted molar refractivity (Wildman–Crippen MR) is 76.3 cm³/mol. The van der Waals surface area contributed by atoms with Gasteiger partial charge in [-0.25, -0.2) is 4.79 Å². The average molecular weight is 312 g/mol. The second-order valence-electron chi connectivity index (χ2n) is 5.94. The molecule has 18 heavy (non-hydrogen) atoms. The Bertz CT molecular complexity index is 473. The molecule has 0 spiro atoms. The van der Waals surface area contributed by atoms with E-state index in [0.29, 0.717) is 21.4 Å². The molecule has 1 fully saturated rings. The molecule has 0 saturated carbocycles. The molecule has 1 aliphatic heterocycles. The zero-order valence-corrected chi connectivity index (χ0v) is 12.5.